The van der Waals surface area contributed by atoms with E-state index >= 15 is 0 Å². The fraction of sp³-hybridized carbons (Fsp3) is 0.276. The number of carbonyl (C=O) groups is 2. The lowest BCUT2D eigenvalue weighted by Crippen LogP contribution is -2.40. The second-order valence-corrected chi connectivity index (χ2v) is 9.48. The summed E-state index contributed by atoms with van der Waals surface area (Å²) >= 11 is 6.44. The fourth-order valence-electron chi connectivity index (χ4n) is 4.59. The second kappa shape index (κ2) is 11.8. The van der Waals surface area contributed by atoms with Gasteiger partial charge in [-0.2, -0.15) is 5.10 Å². The molecule has 2 aliphatic heterocycles. The lowest BCUT2D eigenvalue weighted by atomic mass is 10.1. The van der Waals surface area contributed by atoms with Crippen LogP contribution in [0.3, 0.4) is 0 Å². The summed E-state index contributed by atoms with van der Waals surface area (Å²) in [6.45, 7) is 2.05. The fourth-order valence-corrected chi connectivity index (χ4v) is 4.85. The maximum Gasteiger partial charge on any atom is 0.276 e. The summed E-state index contributed by atoms with van der Waals surface area (Å²) in [6, 6.07) is 12.3. The summed E-state index contributed by atoms with van der Waals surface area (Å²) in [6.07, 6.45) is 7.56. The number of carbonyl (C=O) groups excluding carboxylic acids is 2. The van der Waals surface area contributed by atoms with E-state index in [0.29, 0.717) is 55.5 Å². The zero-order chi connectivity index (χ0) is 27.4. The highest BCUT2D eigenvalue weighted by molar-refractivity contribution is 6.34. The first-order valence-electron chi connectivity index (χ1n) is 12.6. The Balaban J connectivity index is 1.38. The minimum atomic E-state index is -0.378. The third-order valence-corrected chi connectivity index (χ3v) is 6.95. The normalized spacial score (nSPS) is 17.2. The van der Waals surface area contributed by atoms with Crippen LogP contribution >= 0.6 is 11.6 Å². The van der Waals surface area contributed by atoms with E-state index in [-0.39, 0.29) is 22.5 Å². The summed E-state index contributed by atoms with van der Waals surface area (Å²) in [5.41, 5.74) is 3.69. The van der Waals surface area contributed by atoms with Crippen LogP contribution in [0.25, 0.3) is 5.70 Å². The van der Waals surface area contributed by atoms with Crippen LogP contribution < -0.4 is 14.8 Å². The molecule has 1 N–H and O–H groups in total. The summed E-state index contributed by atoms with van der Waals surface area (Å²) in [5, 5.41) is 7.79. The van der Waals surface area contributed by atoms with E-state index in [9.17, 15) is 9.59 Å². The average molecular weight is 549 g/mol. The van der Waals surface area contributed by atoms with E-state index in [1.165, 1.54) is 0 Å². The quantitative estimate of drug-likeness (QED) is 0.481. The molecule has 0 unspecified atom stereocenters. The van der Waals surface area contributed by atoms with E-state index in [1.807, 2.05) is 30.4 Å². The Bertz CT molecular complexity index is 1460. The number of amides is 2. The van der Waals surface area contributed by atoms with Gasteiger partial charge in [0, 0.05) is 30.0 Å². The summed E-state index contributed by atoms with van der Waals surface area (Å²) in [5.74, 6) is 0.691. The van der Waals surface area contributed by atoms with Gasteiger partial charge in [0.1, 0.15) is 0 Å². The molecule has 0 bridgehead atoms. The smallest absolute Gasteiger partial charge is 0.276 e. The van der Waals surface area contributed by atoms with Gasteiger partial charge in [-0.05, 0) is 61.4 Å². The third kappa shape index (κ3) is 5.69. The van der Waals surface area contributed by atoms with Crippen LogP contribution in [0.2, 0.25) is 5.02 Å². The predicted octanol–water partition coefficient (Wildman–Crippen LogP) is 4.67. The Morgan fingerprint density at radius 2 is 1.82 bits per heavy atom. The van der Waals surface area contributed by atoms with Gasteiger partial charge in [-0.15, -0.1) is 0 Å². The van der Waals surface area contributed by atoms with Crippen molar-refractivity contribution in [3.8, 4) is 11.5 Å². The van der Waals surface area contributed by atoms with Crippen molar-refractivity contribution in [2.75, 3.05) is 45.8 Å². The van der Waals surface area contributed by atoms with Crippen molar-refractivity contribution in [3.05, 3.63) is 88.2 Å². The predicted molar refractivity (Wildman–Crippen MR) is 149 cm³/mol. The number of aryl methyl sites for hydroxylation is 1. The Labute approximate surface area is 231 Å². The van der Waals surface area contributed by atoms with Gasteiger partial charge in [0.05, 0.1) is 43.7 Å². The van der Waals surface area contributed by atoms with Gasteiger partial charge in [0.15, 0.2) is 17.2 Å². The Kier molecular flexibility index (Phi) is 7.99. The first-order chi connectivity index (χ1) is 19.0. The monoisotopic (exact) mass is 548 g/mol. The standard InChI is InChI=1S/C29H29ClN4O5/c1-37-26-11-8-19(16-27(26)38-2)25-7-5-3-4-6-21-18-24(32-34(21)25)28(35)31-20-9-10-22(23(30)17-20)29(36)33-12-14-39-15-13-33/h3,5,7-11,16-18H,4,6,12-15H2,1-2H3,(H,31,35)/b5-3-,25-7-. The Morgan fingerprint density at radius 1 is 1.03 bits per heavy atom. The molecule has 0 atom stereocenters. The number of aromatic nitrogens is 2. The largest absolute Gasteiger partial charge is 0.493 e. The van der Waals surface area contributed by atoms with Crippen LogP contribution in [0.5, 0.6) is 11.5 Å². The highest BCUT2D eigenvalue weighted by atomic mass is 35.5. The van der Waals surface area contributed by atoms with Gasteiger partial charge < -0.3 is 24.4 Å². The number of nitrogens with zero attached hydrogens (tertiary/aromatic N) is 3. The minimum Gasteiger partial charge on any atom is -0.493 e. The first kappa shape index (κ1) is 26.5. The molecule has 1 aromatic heterocycles. The lowest BCUT2D eigenvalue weighted by Gasteiger charge is -2.27. The summed E-state index contributed by atoms with van der Waals surface area (Å²) in [4.78, 5) is 27.8. The highest BCUT2D eigenvalue weighted by Gasteiger charge is 2.22. The van der Waals surface area contributed by atoms with Crippen LogP contribution in [0.1, 0.15) is 38.5 Å². The molecule has 0 spiro atoms. The van der Waals surface area contributed by atoms with Crippen molar-refractivity contribution < 1.29 is 23.8 Å². The SMILES string of the molecule is COc1ccc(/C2=C/C=C\CCc3cc(C(=O)Nc4ccc(C(=O)N5CCOCC5)c(Cl)c4)nn32)cc1OC. The molecule has 2 aromatic carbocycles. The number of anilines is 1. The molecule has 5 rings (SSSR count). The number of morpholine rings is 1. The molecular formula is C29H29ClN4O5. The number of hydrogen-bond donors (Lipinski definition) is 1. The number of ether oxygens (including phenoxy) is 3. The average Bonchev–Trinajstić information content (AvgIpc) is 3.36. The third-order valence-electron chi connectivity index (χ3n) is 6.64. The number of nitrogens with one attached hydrogen (secondary N) is 1. The summed E-state index contributed by atoms with van der Waals surface area (Å²) < 4.78 is 18.0. The molecule has 0 aliphatic carbocycles. The van der Waals surface area contributed by atoms with Gasteiger partial charge in [0.25, 0.3) is 11.8 Å². The van der Waals surface area contributed by atoms with Crippen LogP contribution in [0.4, 0.5) is 5.69 Å². The van der Waals surface area contributed by atoms with E-state index < -0.39 is 0 Å². The maximum absolute atomic E-state index is 13.2. The molecular weight excluding hydrogens is 520 g/mol. The molecule has 1 fully saturated rings. The van der Waals surface area contributed by atoms with Gasteiger partial charge in [-0.25, -0.2) is 4.68 Å². The molecule has 2 aliphatic rings. The first-order valence-corrected chi connectivity index (χ1v) is 13.0. The molecule has 202 valence electrons. The number of fused-ring (bicyclic) bond motifs is 1. The van der Waals surface area contributed by atoms with E-state index in [0.717, 1.165) is 23.4 Å². The van der Waals surface area contributed by atoms with Crippen molar-refractivity contribution in [1.82, 2.24) is 14.7 Å². The number of methoxy groups -OCH3 is 2. The maximum atomic E-state index is 13.2. The zero-order valence-electron chi connectivity index (χ0n) is 21.8. The van der Waals surface area contributed by atoms with Crippen LogP contribution in [-0.2, 0) is 11.2 Å². The molecule has 0 saturated carbocycles. The molecule has 10 heteroatoms. The number of halogens is 1. The Morgan fingerprint density at radius 3 is 2.56 bits per heavy atom. The Hall–Kier alpha value is -4.08. The minimum absolute atomic E-state index is 0.154. The molecule has 3 aromatic rings. The van der Waals surface area contributed by atoms with Crippen LogP contribution in [-0.4, -0.2) is 67.0 Å². The topological polar surface area (TPSA) is 94.9 Å². The van der Waals surface area contributed by atoms with Crippen molar-refractivity contribution in [2.45, 2.75) is 12.8 Å². The molecule has 1 saturated heterocycles. The zero-order valence-corrected chi connectivity index (χ0v) is 22.5. The van der Waals surface area contributed by atoms with Crippen molar-refractivity contribution in [3.63, 3.8) is 0 Å². The van der Waals surface area contributed by atoms with E-state index in [4.69, 9.17) is 25.8 Å². The molecule has 3 heterocycles. The number of hydrogen-bond acceptors (Lipinski definition) is 6. The number of allylic oxidation sites excluding steroid dienone is 3. The van der Waals surface area contributed by atoms with Gasteiger partial charge in [0.2, 0.25) is 0 Å². The number of benzene rings is 2. The van der Waals surface area contributed by atoms with Gasteiger partial charge in [-0.3, -0.25) is 9.59 Å². The van der Waals surface area contributed by atoms with Crippen molar-refractivity contribution >= 4 is 34.8 Å². The molecule has 0 radical (unpaired) electrons. The second-order valence-electron chi connectivity index (χ2n) is 9.07. The van der Waals surface area contributed by atoms with Crippen molar-refractivity contribution in [2.24, 2.45) is 0 Å². The lowest BCUT2D eigenvalue weighted by molar-refractivity contribution is 0.0303. The van der Waals surface area contributed by atoms with Crippen LogP contribution in [0, 0.1) is 0 Å². The van der Waals surface area contributed by atoms with Gasteiger partial charge in [-0.1, -0.05) is 23.8 Å². The van der Waals surface area contributed by atoms with E-state index in [2.05, 4.69) is 16.5 Å². The molecule has 9 nitrogen and oxygen atoms in total. The van der Waals surface area contributed by atoms with Crippen molar-refractivity contribution in [1.29, 1.82) is 0 Å². The molecule has 39 heavy (non-hydrogen) atoms. The molecule has 2 amide bonds. The summed E-state index contributed by atoms with van der Waals surface area (Å²) in [7, 11) is 3.18. The van der Waals surface area contributed by atoms with Gasteiger partial charge >= 0.3 is 0 Å². The highest BCUT2D eigenvalue weighted by Crippen LogP contribution is 2.32. The number of rotatable bonds is 6. The van der Waals surface area contributed by atoms with Crippen LogP contribution in [0.15, 0.2) is 60.7 Å². The van der Waals surface area contributed by atoms with E-state index in [1.54, 1.807) is 48.1 Å².